The molecule has 0 atom stereocenters. The molecule has 0 bridgehead atoms. The molecular formula is C6H15N2. The Bertz CT molecular complexity index is 45.8. The molecule has 0 N–H and O–H groups in total. The van der Waals surface area contributed by atoms with Gasteiger partial charge in [0.15, 0.2) is 0 Å². The van der Waals surface area contributed by atoms with E-state index in [4.69, 9.17) is 0 Å². The minimum atomic E-state index is 0.963. The van der Waals surface area contributed by atoms with E-state index in [0.717, 1.165) is 19.5 Å². The Balaban J connectivity index is 2.86. The summed E-state index contributed by atoms with van der Waals surface area (Å²) in [5.74, 6) is 0. The second-order valence-electron chi connectivity index (χ2n) is 1.84. The molecule has 49 valence electrons. The molecular weight excluding hydrogens is 100 g/mol. The normalized spacial score (nSPS) is 10.5. The summed E-state index contributed by atoms with van der Waals surface area (Å²) in [7, 11) is 2.00. The fraction of sp³-hybridized carbons (Fsp3) is 1.00. The summed E-state index contributed by atoms with van der Waals surface area (Å²) in [6.45, 7) is 6.20. The van der Waals surface area contributed by atoms with Crippen LogP contribution in [0.3, 0.4) is 0 Å². The molecule has 0 aliphatic heterocycles. The van der Waals surface area contributed by atoms with E-state index >= 15 is 0 Å². The Morgan fingerprint density at radius 1 is 1.38 bits per heavy atom. The molecule has 2 nitrogen and oxygen atoms in total. The number of nitrogens with zero attached hydrogens (tertiary/aromatic N) is 2. The molecule has 0 fully saturated rings. The van der Waals surface area contributed by atoms with Crippen molar-refractivity contribution in [3.8, 4) is 0 Å². The van der Waals surface area contributed by atoms with Gasteiger partial charge in [0.25, 0.3) is 0 Å². The van der Waals surface area contributed by atoms with Crippen molar-refractivity contribution < 1.29 is 0 Å². The monoisotopic (exact) mass is 115 g/mol. The molecule has 0 amide bonds. The predicted molar refractivity (Wildman–Crippen MR) is 35.6 cm³/mol. The van der Waals surface area contributed by atoms with Crippen molar-refractivity contribution in [2.45, 2.75) is 20.3 Å². The summed E-state index contributed by atoms with van der Waals surface area (Å²) in [6, 6.07) is 0. The number of rotatable bonds is 4. The van der Waals surface area contributed by atoms with Crippen molar-refractivity contribution in [3.05, 3.63) is 0 Å². The van der Waals surface area contributed by atoms with Gasteiger partial charge < -0.3 is 0 Å². The van der Waals surface area contributed by atoms with E-state index in [2.05, 4.69) is 19.3 Å². The predicted octanol–water partition coefficient (Wildman–Crippen LogP) is 0.868. The summed E-state index contributed by atoms with van der Waals surface area (Å²) in [5, 5.41) is 1.96. The molecule has 0 saturated carbocycles. The van der Waals surface area contributed by atoms with Crippen LogP contribution in [0.15, 0.2) is 0 Å². The Kier molecular flexibility index (Phi) is 5.01. The van der Waals surface area contributed by atoms with E-state index in [1.54, 1.807) is 0 Å². The van der Waals surface area contributed by atoms with Crippen LogP contribution in [-0.4, -0.2) is 25.1 Å². The highest BCUT2D eigenvalue weighted by atomic mass is 15.5. The number of hydrogen-bond donors (Lipinski definition) is 0. The lowest BCUT2D eigenvalue weighted by atomic mass is 10.5. The van der Waals surface area contributed by atoms with Crippen LogP contribution < -0.4 is 5.43 Å². The second kappa shape index (κ2) is 5.06. The molecule has 0 aromatic rings. The summed E-state index contributed by atoms with van der Waals surface area (Å²) in [4.78, 5) is 0. The topological polar surface area (TPSA) is 17.3 Å². The van der Waals surface area contributed by atoms with Gasteiger partial charge in [-0.15, -0.1) is 0 Å². The van der Waals surface area contributed by atoms with Crippen molar-refractivity contribution in [3.63, 3.8) is 0 Å². The van der Waals surface area contributed by atoms with Gasteiger partial charge in [-0.05, 0) is 6.42 Å². The highest BCUT2D eigenvalue weighted by Gasteiger charge is 1.89. The third-order valence-corrected chi connectivity index (χ3v) is 1.02. The molecule has 0 heterocycles. The van der Waals surface area contributed by atoms with Gasteiger partial charge >= 0.3 is 0 Å². The van der Waals surface area contributed by atoms with E-state index in [0.29, 0.717) is 0 Å². The maximum Gasteiger partial charge on any atom is 0.0304 e. The van der Waals surface area contributed by atoms with Gasteiger partial charge in [-0.25, -0.2) is 5.01 Å². The first-order valence-electron chi connectivity index (χ1n) is 3.19. The lowest BCUT2D eigenvalue weighted by molar-refractivity contribution is 0.239. The maximum absolute atomic E-state index is 4.19. The molecule has 0 spiro atoms. The van der Waals surface area contributed by atoms with E-state index < -0.39 is 0 Å². The van der Waals surface area contributed by atoms with Crippen LogP contribution >= 0.6 is 0 Å². The quantitative estimate of drug-likeness (QED) is 0.497. The Hall–Kier alpha value is -0.0800. The fourth-order valence-corrected chi connectivity index (χ4v) is 0.371. The standard InChI is InChI=1S/C6H15N2/c1-4-6-7-8(3)5-2/h4-6H2,1-3H3. The average Bonchev–Trinajstić information content (AvgIpc) is 1.83. The van der Waals surface area contributed by atoms with Gasteiger partial charge in [-0.1, -0.05) is 13.8 Å². The highest BCUT2D eigenvalue weighted by molar-refractivity contribution is 4.36. The first kappa shape index (κ1) is 7.92. The van der Waals surface area contributed by atoms with Crippen LogP contribution in [0.4, 0.5) is 0 Å². The second-order valence-corrected chi connectivity index (χ2v) is 1.84. The van der Waals surface area contributed by atoms with E-state index in [1.165, 1.54) is 0 Å². The zero-order valence-electron chi connectivity index (χ0n) is 6.02. The molecule has 0 aliphatic rings. The zero-order valence-corrected chi connectivity index (χ0v) is 6.02. The van der Waals surface area contributed by atoms with Crippen LogP contribution in [0.1, 0.15) is 20.3 Å². The molecule has 1 radical (unpaired) electrons. The van der Waals surface area contributed by atoms with Crippen LogP contribution in [0.25, 0.3) is 0 Å². The number of hydrogen-bond acceptors (Lipinski definition) is 1. The molecule has 0 aromatic heterocycles. The third-order valence-electron chi connectivity index (χ3n) is 1.02. The molecule has 0 unspecified atom stereocenters. The van der Waals surface area contributed by atoms with Gasteiger partial charge in [0.05, 0.1) is 0 Å². The van der Waals surface area contributed by atoms with Gasteiger partial charge in [0.1, 0.15) is 0 Å². The van der Waals surface area contributed by atoms with E-state index in [9.17, 15) is 0 Å². The summed E-state index contributed by atoms with van der Waals surface area (Å²) in [6.07, 6.45) is 1.14. The van der Waals surface area contributed by atoms with Crippen molar-refractivity contribution in [1.29, 1.82) is 0 Å². The molecule has 0 aliphatic carbocycles. The van der Waals surface area contributed by atoms with Crippen LogP contribution in [0.2, 0.25) is 0 Å². The van der Waals surface area contributed by atoms with Crippen LogP contribution in [0, 0.1) is 0 Å². The smallest absolute Gasteiger partial charge is 0.0304 e. The lowest BCUT2D eigenvalue weighted by Gasteiger charge is -2.10. The average molecular weight is 115 g/mol. The highest BCUT2D eigenvalue weighted by Crippen LogP contribution is 1.77. The van der Waals surface area contributed by atoms with Crippen LogP contribution in [-0.2, 0) is 0 Å². The minimum Gasteiger partial charge on any atom is -0.230 e. The molecule has 0 aromatic carbocycles. The van der Waals surface area contributed by atoms with Crippen molar-refractivity contribution in [2.24, 2.45) is 0 Å². The minimum absolute atomic E-state index is 0.963. The van der Waals surface area contributed by atoms with Gasteiger partial charge in [-0.2, -0.15) is 5.43 Å². The maximum atomic E-state index is 4.19. The van der Waals surface area contributed by atoms with Crippen molar-refractivity contribution in [2.75, 3.05) is 20.1 Å². The fourth-order valence-electron chi connectivity index (χ4n) is 0.371. The van der Waals surface area contributed by atoms with Gasteiger partial charge in [-0.3, -0.25) is 0 Å². The summed E-state index contributed by atoms with van der Waals surface area (Å²) < 4.78 is 0. The Morgan fingerprint density at radius 2 is 2.00 bits per heavy atom. The van der Waals surface area contributed by atoms with E-state index in [1.807, 2.05) is 12.1 Å². The first-order valence-corrected chi connectivity index (χ1v) is 3.19. The van der Waals surface area contributed by atoms with Gasteiger partial charge in [0, 0.05) is 20.1 Å². The molecule has 0 saturated heterocycles. The third kappa shape index (κ3) is 4.09. The summed E-state index contributed by atoms with van der Waals surface area (Å²) >= 11 is 0. The van der Waals surface area contributed by atoms with E-state index in [-0.39, 0.29) is 0 Å². The van der Waals surface area contributed by atoms with Crippen LogP contribution in [0.5, 0.6) is 0 Å². The Morgan fingerprint density at radius 3 is 2.38 bits per heavy atom. The largest absolute Gasteiger partial charge is 0.230 e. The van der Waals surface area contributed by atoms with Gasteiger partial charge in [0.2, 0.25) is 0 Å². The van der Waals surface area contributed by atoms with Crippen molar-refractivity contribution in [1.82, 2.24) is 10.4 Å². The lowest BCUT2D eigenvalue weighted by Crippen LogP contribution is -2.27. The summed E-state index contributed by atoms with van der Waals surface area (Å²) in [5.41, 5.74) is 4.19. The SMILES string of the molecule is CCC[N]N(C)CC. The molecule has 0 rings (SSSR count). The molecule has 8 heavy (non-hydrogen) atoms. The first-order chi connectivity index (χ1) is 3.81. The molecule has 2 heteroatoms. The Labute approximate surface area is 51.8 Å². The van der Waals surface area contributed by atoms with Crippen molar-refractivity contribution >= 4 is 0 Å². The zero-order chi connectivity index (χ0) is 6.41.